The van der Waals surface area contributed by atoms with E-state index in [2.05, 4.69) is 0 Å². The van der Waals surface area contributed by atoms with Gasteiger partial charge in [0.15, 0.2) is 0 Å². The van der Waals surface area contributed by atoms with E-state index in [9.17, 15) is 4.79 Å². The molecule has 0 aromatic heterocycles. The lowest BCUT2D eigenvalue weighted by atomic mass is 10.0. The van der Waals surface area contributed by atoms with Crippen LogP contribution in [0.15, 0.2) is 0 Å². The molecule has 0 aliphatic carbocycles. The highest BCUT2D eigenvalue weighted by molar-refractivity contribution is 5.69. The van der Waals surface area contributed by atoms with Gasteiger partial charge >= 0.3 is 5.97 Å². The van der Waals surface area contributed by atoms with Crippen molar-refractivity contribution in [3.05, 3.63) is 0 Å². The standard InChI is InChI=1S/C9H18O2/c1-3-4-5-6-7-8(2)9(10)11/h8H,3-7H2,1-2H3,(H,10,11)/i1D,2D,3D,4D2,5D2,6D. The maximum absolute atomic E-state index is 10.7. The predicted molar refractivity (Wildman–Crippen MR) is 45.6 cm³/mol. The maximum Gasteiger partial charge on any atom is 0.306 e. The van der Waals surface area contributed by atoms with Crippen molar-refractivity contribution >= 4 is 5.97 Å². The SMILES string of the molecule is [2H]CC(CC([2H])C([2H])([2H])C([2H])([2H])C([2H])C[2H])C(=O)O. The molecule has 0 fully saturated rings. The number of carboxylic acid groups (broad SMARTS) is 1. The van der Waals surface area contributed by atoms with Gasteiger partial charge in [-0.05, 0) is 6.42 Å². The van der Waals surface area contributed by atoms with Crippen LogP contribution in [0.5, 0.6) is 0 Å². The quantitative estimate of drug-likeness (QED) is 0.658. The van der Waals surface area contributed by atoms with Crippen molar-refractivity contribution in [1.82, 2.24) is 0 Å². The van der Waals surface area contributed by atoms with Gasteiger partial charge in [-0.25, -0.2) is 0 Å². The van der Waals surface area contributed by atoms with Crippen LogP contribution < -0.4 is 0 Å². The third-order valence-corrected chi connectivity index (χ3v) is 1.04. The van der Waals surface area contributed by atoms with Gasteiger partial charge in [0.1, 0.15) is 0 Å². The molecule has 0 saturated heterocycles. The highest BCUT2D eigenvalue weighted by atomic mass is 16.4. The Morgan fingerprint density at radius 1 is 1.73 bits per heavy atom. The Kier molecular flexibility index (Phi) is 1.73. The number of hydrogen-bond acceptors (Lipinski definition) is 1. The fraction of sp³-hybridized carbons (Fsp3) is 0.889. The van der Waals surface area contributed by atoms with Crippen LogP contribution in [0.4, 0.5) is 0 Å². The number of hydrogen-bond donors (Lipinski definition) is 1. The smallest absolute Gasteiger partial charge is 0.306 e. The Hall–Kier alpha value is -0.530. The molecule has 66 valence electrons. The Labute approximate surface area is 79.9 Å². The monoisotopic (exact) mass is 166 g/mol. The van der Waals surface area contributed by atoms with E-state index in [0.717, 1.165) is 0 Å². The highest BCUT2D eigenvalue weighted by Crippen LogP contribution is 2.09. The van der Waals surface area contributed by atoms with E-state index in [1.165, 1.54) is 0 Å². The molecule has 2 nitrogen and oxygen atoms in total. The summed E-state index contributed by atoms with van der Waals surface area (Å²) in [5.41, 5.74) is 0. The van der Waals surface area contributed by atoms with Gasteiger partial charge in [0, 0.05) is 11.0 Å². The molecule has 0 rings (SSSR count). The number of rotatable bonds is 6. The molecular formula is C9H18O2. The zero-order chi connectivity index (χ0) is 15.4. The second-order valence-electron chi connectivity index (χ2n) is 1.97. The summed E-state index contributed by atoms with van der Waals surface area (Å²) in [6, 6.07) is 0. The summed E-state index contributed by atoms with van der Waals surface area (Å²) in [7, 11) is 0. The first-order chi connectivity index (χ1) is 8.52. The average molecular weight is 166 g/mol. The topological polar surface area (TPSA) is 37.3 Å². The molecule has 0 aliphatic rings. The first kappa shape index (κ1) is 3.08. The predicted octanol–water partition coefficient (Wildman–Crippen LogP) is 2.68. The largest absolute Gasteiger partial charge is 0.481 e. The molecule has 0 radical (unpaired) electrons. The lowest BCUT2D eigenvalue weighted by Crippen LogP contribution is -2.08. The number of carboxylic acids is 1. The molecule has 0 spiro atoms. The van der Waals surface area contributed by atoms with Crippen LogP contribution in [-0.2, 0) is 4.79 Å². The Balaban J connectivity index is 5.03. The zero-order valence-electron chi connectivity index (χ0n) is 14.2. The molecular weight excluding hydrogens is 140 g/mol. The highest BCUT2D eigenvalue weighted by Gasteiger charge is 2.08. The summed E-state index contributed by atoms with van der Waals surface area (Å²) in [5, 5.41) is 8.76. The lowest BCUT2D eigenvalue weighted by molar-refractivity contribution is -0.141. The summed E-state index contributed by atoms with van der Waals surface area (Å²) < 4.78 is 59.3. The third-order valence-electron chi connectivity index (χ3n) is 1.04. The van der Waals surface area contributed by atoms with E-state index < -0.39 is 57.6 Å². The molecule has 0 saturated carbocycles. The molecule has 0 heterocycles. The van der Waals surface area contributed by atoms with Crippen molar-refractivity contribution < 1.29 is 20.9 Å². The Bertz CT molecular complexity index is 309. The van der Waals surface area contributed by atoms with Crippen LogP contribution in [0.2, 0.25) is 0 Å². The summed E-state index contributed by atoms with van der Waals surface area (Å²) in [6.45, 7) is -1.17. The van der Waals surface area contributed by atoms with Gasteiger partial charge in [-0.15, -0.1) is 0 Å². The summed E-state index contributed by atoms with van der Waals surface area (Å²) in [5.74, 6) is -2.57. The molecule has 1 N–H and O–H groups in total. The summed E-state index contributed by atoms with van der Waals surface area (Å²) >= 11 is 0. The minimum absolute atomic E-state index is 0.504. The van der Waals surface area contributed by atoms with E-state index in [0.29, 0.717) is 0 Å². The van der Waals surface area contributed by atoms with Crippen molar-refractivity contribution in [1.29, 1.82) is 0 Å². The lowest BCUT2D eigenvalue weighted by Gasteiger charge is -2.04. The minimum atomic E-state index is -2.76. The maximum atomic E-state index is 10.7. The molecule has 0 amide bonds. The fourth-order valence-corrected chi connectivity index (χ4v) is 0.420. The second kappa shape index (κ2) is 6.20. The van der Waals surface area contributed by atoms with Gasteiger partial charge in [0.05, 0.1) is 5.92 Å². The van der Waals surface area contributed by atoms with Gasteiger partial charge in [-0.1, -0.05) is 39.3 Å². The average Bonchev–Trinajstić information content (AvgIpc) is 2.33. The molecule has 0 aliphatic heterocycles. The van der Waals surface area contributed by atoms with Crippen molar-refractivity contribution in [3.63, 3.8) is 0 Å². The van der Waals surface area contributed by atoms with Crippen LogP contribution in [-0.4, -0.2) is 11.1 Å². The van der Waals surface area contributed by atoms with Crippen LogP contribution in [0.25, 0.3) is 0 Å². The van der Waals surface area contributed by atoms with Crippen LogP contribution >= 0.6 is 0 Å². The molecule has 0 aromatic carbocycles. The van der Waals surface area contributed by atoms with Crippen molar-refractivity contribution in [3.8, 4) is 0 Å². The second-order valence-corrected chi connectivity index (χ2v) is 1.97. The molecule has 11 heavy (non-hydrogen) atoms. The van der Waals surface area contributed by atoms with Crippen LogP contribution in [0.1, 0.15) is 56.7 Å². The molecule has 0 bridgehead atoms. The molecule has 3 unspecified atom stereocenters. The van der Waals surface area contributed by atoms with E-state index in [-0.39, 0.29) is 0 Å². The van der Waals surface area contributed by atoms with Crippen LogP contribution in [0, 0.1) is 5.92 Å². The Morgan fingerprint density at radius 3 is 3.09 bits per heavy atom. The number of carbonyl (C=O) groups is 1. The van der Waals surface area contributed by atoms with Gasteiger partial charge in [-0.3, -0.25) is 4.79 Å². The first-order valence-electron chi connectivity index (χ1n) is 7.75. The normalized spacial score (nSPS) is 31.6. The van der Waals surface area contributed by atoms with E-state index in [1.807, 2.05) is 0 Å². The summed E-state index contributed by atoms with van der Waals surface area (Å²) in [6.07, 6.45) is -9.37. The van der Waals surface area contributed by atoms with Gasteiger partial charge in [0.2, 0.25) is 0 Å². The van der Waals surface area contributed by atoms with Gasteiger partial charge in [-0.2, -0.15) is 0 Å². The third kappa shape index (κ3) is 5.89. The van der Waals surface area contributed by atoms with Crippen molar-refractivity contribution in [2.24, 2.45) is 5.92 Å². The fourth-order valence-electron chi connectivity index (χ4n) is 0.420. The van der Waals surface area contributed by atoms with E-state index in [4.69, 9.17) is 16.1 Å². The molecule has 0 aromatic rings. The van der Waals surface area contributed by atoms with E-state index >= 15 is 0 Å². The summed E-state index contributed by atoms with van der Waals surface area (Å²) in [4.78, 5) is 10.7. The van der Waals surface area contributed by atoms with Gasteiger partial charge in [0.25, 0.3) is 0 Å². The van der Waals surface area contributed by atoms with Crippen LogP contribution in [0.3, 0.4) is 0 Å². The van der Waals surface area contributed by atoms with Crippen molar-refractivity contribution in [2.45, 2.75) is 45.8 Å². The first-order valence-corrected chi connectivity index (χ1v) is 3.18. The van der Waals surface area contributed by atoms with Crippen molar-refractivity contribution in [2.75, 3.05) is 0 Å². The minimum Gasteiger partial charge on any atom is -0.481 e. The van der Waals surface area contributed by atoms with Gasteiger partial charge < -0.3 is 5.11 Å². The molecule has 2 heteroatoms. The van der Waals surface area contributed by atoms with E-state index in [1.54, 1.807) is 0 Å². The molecule has 3 atom stereocenters. The number of aliphatic carboxylic acids is 1. The zero-order valence-corrected chi connectivity index (χ0v) is 6.21. The Morgan fingerprint density at radius 2 is 2.55 bits per heavy atom.